The molecule has 0 unspecified atom stereocenters. The third-order valence-corrected chi connectivity index (χ3v) is 3.76. The summed E-state index contributed by atoms with van der Waals surface area (Å²) in [5.74, 6) is 0.864. The van der Waals surface area contributed by atoms with E-state index in [1.165, 1.54) is 0 Å². The Kier molecular flexibility index (Phi) is 5.22. The number of carbonyl (C=O) groups excluding carboxylic acids is 1. The molecule has 0 radical (unpaired) electrons. The van der Waals surface area contributed by atoms with Crippen LogP contribution in [0.1, 0.15) is 19.8 Å². The van der Waals surface area contributed by atoms with E-state index < -0.39 is 0 Å². The van der Waals surface area contributed by atoms with Crippen LogP contribution in [-0.2, 0) is 4.79 Å². The van der Waals surface area contributed by atoms with Crippen molar-refractivity contribution in [2.75, 3.05) is 13.1 Å². The van der Waals surface area contributed by atoms with Crippen LogP contribution in [0.3, 0.4) is 0 Å². The van der Waals surface area contributed by atoms with Crippen LogP contribution in [0.4, 0.5) is 0 Å². The Hall–Kier alpha value is -1.07. The quantitative estimate of drug-likeness (QED) is 0.871. The molecule has 0 bridgehead atoms. The minimum absolute atomic E-state index is 0.0318. The van der Waals surface area contributed by atoms with Crippen molar-refractivity contribution < 1.29 is 9.53 Å². The molecule has 104 valence electrons. The largest absolute Gasteiger partial charge is 0.488 e. The Balaban J connectivity index is 1.76. The Morgan fingerprint density at radius 1 is 1.58 bits per heavy atom. The molecule has 1 fully saturated rings. The van der Waals surface area contributed by atoms with Crippen molar-refractivity contribution in [1.82, 2.24) is 10.6 Å². The third-order valence-electron chi connectivity index (χ3n) is 3.11. The van der Waals surface area contributed by atoms with Gasteiger partial charge < -0.3 is 15.4 Å². The minimum Gasteiger partial charge on any atom is -0.488 e. The number of hydrogen-bond acceptors (Lipinski definition) is 3. The summed E-state index contributed by atoms with van der Waals surface area (Å²) in [6.07, 6.45) is 1.93. The standard InChI is InChI=1S/C14H19BrN2O2/c1-10(19-13-7-3-2-5-11(13)15)9-17-14(18)12-6-4-8-16-12/h2-3,5,7,10,12,16H,4,6,8-9H2,1H3,(H,17,18)/t10-,12+/m1/s1. The zero-order chi connectivity index (χ0) is 13.7. The van der Waals surface area contributed by atoms with Crippen LogP contribution in [0.15, 0.2) is 28.7 Å². The molecule has 5 heteroatoms. The Morgan fingerprint density at radius 3 is 3.05 bits per heavy atom. The van der Waals surface area contributed by atoms with E-state index >= 15 is 0 Å². The molecule has 0 saturated carbocycles. The fourth-order valence-electron chi connectivity index (χ4n) is 2.07. The fourth-order valence-corrected chi connectivity index (χ4v) is 2.45. The Labute approximate surface area is 122 Å². The van der Waals surface area contributed by atoms with Gasteiger partial charge in [-0.3, -0.25) is 4.79 Å². The second-order valence-electron chi connectivity index (χ2n) is 4.75. The number of rotatable bonds is 5. The minimum atomic E-state index is -0.0657. The van der Waals surface area contributed by atoms with Crippen molar-refractivity contribution in [2.24, 2.45) is 0 Å². The van der Waals surface area contributed by atoms with Crippen LogP contribution in [0, 0.1) is 0 Å². The van der Waals surface area contributed by atoms with E-state index in [1.807, 2.05) is 31.2 Å². The van der Waals surface area contributed by atoms with Gasteiger partial charge in [0.05, 0.1) is 17.1 Å². The lowest BCUT2D eigenvalue weighted by Gasteiger charge is -2.18. The van der Waals surface area contributed by atoms with E-state index in [9.17, 15) is 4.79 Å². The zero-order valence-corrected chi connectivity index (χ0v) is 12.6. The molecule has 1 aromatic carbocycles. The molecule has 1 saturated heterocycles. The summed E-state index contributed by atoms with van der Waals surface area (Å²) in [5.41, 5.74) is 0. The molecule has 2 N–H and O–H groups in total. The van der Waals surface area contributed by atoms with Crippen LogP contribution < -0.4 is 15.4 Å². The lowest BCUT2D eigenvalue weighted by molar-refractivity contribution is -0.123. The Bertz CT molecular complexity index is 433. The van der Waals surface area contributed by atoms with Gasteiger partial charge in [0.15, 0.2) is 0 Å². The highest BCUT2D eigenvalue weighted by atomic mass is 79.9. The first kappa shape index (κ1) is 14.3. The maximum absolute atomic E-state index is 11.8. The van der Waals surface area contributed by atoms with Gasteiger partial charge in [0.1, 0.15) is 11.9 Å². The monoisotopic (exact) mass is 326 g/mol. The van der Waals surface area contributed by atoms with E-state index in [0.717, 1.165) is 29.6 Å². The first-order valence-electron chi connectivity index (χ1n) is 6.59. The number of halogens is 1. The molecule has 1 aliphatic rings. The molecule has 1 heterocycles. The zero-order valence-electron chi connectivity index (χ0n) is 11.0. The summed E-state index contributed by atoms with van der Waals surface area (Å²) in [7, 11) is 0. The first-order valence-corrected chi connectivity index (χ1v) is 7.38. The van der Waals surface area contributed by atoms with Gasteiger partial charge in [0.25, 0.3) is 0 Å². The van der Waals surface area contributed by atoms with Crippen LogP contribution >= 0.6 is 15.9 Å². The van der Waals surface area contributed by atoms with E-state index in [4.69, 9.17) is 4.74 Å². The highest BCUT2D eigenvalue weighted by Crippen LogP contribution is 2.24. The van der Waals surface area contributed by atoms with Crippen LogP contribution in [-0.4, -0.2) is 31.1 Å². The smallest absolute Gasteiger partial charge is 0.237 e. The fraction of sp³-hybridized carbons (Fsp3) is 0.500. The predicted molar refractivity (Wildman–Crippen MR) is 78.3 cm³/mol. The van der Waals surface area contributed by atoms with Crippen molar-refractivity contribution in [3.8, 4) is 5.75 Å². The number of amides is 1. The molecule has 19 heavy (non-hydrogen) atoms. The molecule has 1 amide bonds. The molecular formula is C14H19BrN2O2. The van der Waals surface area contributed by atoms with E-state index in [1.54, 1.807) is 0 Å². The molecule has 4 nitrogen and oxygen atoms in total. The van der Waals surface area contributed by atoms with Crippen LogP contribution in [0.5, 0.6) is 5.75 Å². The summed E-state index contributed by atoms with van der Waals surface area (Å²) in [6, 6.07) is 7.67. The summed E-state index contributed by atoms with van der Waals surface area (Å²) in [5, 5.41) is 6.10. The van der Waals surface area contributed by atoms with Crippen molar-refractivity contribution in [2.45, 2.75) is 31.9 Å². The van der Waals surface area contributed by atoms with E-state index in [-0.39, 0.29) is 18.1 Å². The van der Waals surface area contributed by atoms with Crippen molar-refractivity contribution in [3.05, 3.63) is 28.7 Å². The number of carbonyl (C=O) groups is 1. The molecule has 2 rings (SSSR count). The van der Waals surface area contributed by atoms with Gasteiger partial charge in [-0.25, -0.2) is 0 Å². The number of ether oxygens (including phenoxy) is 1. The molecule has 1 aromatic rings. The average Bonchev–Trinajstić information content (AvgIpc) is 2.93. The van der Waals surface area contributed by atoms with Gasteiger partial charge in [-0.15, -0.1) is 0 Å². The summed E-state index contributed by atoms with van der Waals surface area (Å²) in [6.45, 7) is 3.39. The van der Waals surface area contributed by atoms with Gasteiger partial charge in [0, 0.05) is 0 Å². The number of benzene rings is 1. The number of hydrogen-bond donors (Lipinski definition) is 2. The average molecular weight is 327 g/mol. The van der Waals surface area contributed by atoms with Gasteiger partial charge >= 0.3 is 0 Å². The lowest BCUT2D eigenvalue weighted by Crippen LogP contribution is -2.43. The summed E-state index contributed by atoms with van der Waals surface area (Å²) >= 11 is 3.44. The molecule has 0 aromatic heterocycles. The topological polar surface area (TPSA) is 50.4 Å². The maximum atomic E-state index is 11.8. The van der Waals surface area contributed by atoms with Gasteiger partial charge in [-0.1, -0.05) is 12.1 Å². The van der Waals surface area contributed by atoms with Crippen LogP contribution in [0.25, 0.3) is 0 Å². The second kappa shape index (κ2) is 6.91. The summed E-state index contributed by atoms with van der Waals surface area (Å²) in [4.78, 5) is 11.8. The van der Waals surface area contributed by atoms with Crippen molar-refractivity contribution >= 4 is 21.8 Å². The second-order valence-corrected chi connectivity index (χ2v) is 5.61. The molecule has 2 atom stereocenters. The molecule has 0 spiro atoms. The molecule has 1 aliphatic heterocycles. The third kappa shape index (κ3) is 4.21. The molecule has 0 aliphatic carbocycles. The number of nitrogens with one attached hydrogen (secondary N) is 2. The number of para-hydroxylation sites is 1. The summed E-state index contributed by atoms with van der Waals surface area (Å²) < 4.78 is 6.70. The van der Waals surface area contributed by atoms with Gasteiger partial charge in [0.2, 0.25) is 5.91 Å². The van der Waals surface area contributed by atoms with Crippen molar-refractivity contribution in [1.29, 1.82) is 0 Å². The normalized spacial score (nSPS) is 20.0. The Morgan fingerprint density at radius 2 is 2.37 bits per heavy atom. The highest BCUT2D eigenvalue weighted by Gasteiger charge is 2.22. The van der Waals surface area contributed by atoms with Gasteiger partial charge in [-0.05, 0) is 54.4 Å². The first-order chi connectivity index (χ1) is 9.16. The predicted octanol–water partition coefficient (Wildman–Crippen LogP) is 2.08. The van der Waals surface area contributed by atoms with Crippen LogP contribution in [0.2, 0.25) is 0 Å². The van der Waals surface area contributed by atoms with E-state index in [0.29, 0.717) is 6.54 Å². The van der Waals surface area contributed by atoms with Crippen molar-refractivity contribution in [3.63, 3.8) is 0 Å². The van der Waals surface area contributed by atoms with E-state index in [2.05, 4.69) is 26.6 Å². The highest BCUT2D eigenvalue weighted by molar-refractivity contribution is 9.10. The van der Waals surface area contributed by atoms with Gasteiger partial charge in [-0.2, -0.15) is 0 Å². The molecular weight excluding hydrogens is 308 g/mol. The maximum Gasteiger partial charge on any atom is 0.237 e. The lowest BCUT2D eigenvalue weighted by atomic mass is 10.2. The SMILES string of the molecule is C[C@H](CNC(=O)[C@@H]1CCCN1)Oc1ccccc1Br.